The molecule has 4 nitrogen and oxygen atoms in total. The van der Waals surface area contributed by atoms with Crippen molar-refractivity contribution in [3.05, 3.63) is 35.6 Å². The summed E-state index contributed by atoms with van der Waals surface area (Å²) in [7, 11) is 0. The van der Waals surface area contributed by atoms with Gasteiger partial charge in [-0.2, -0.15) is 0 Å². The Balaban J connectivity index is 2.09. The van der Waals surface area contributed by atoms with Gasteiger partial charge >= 0.3 is 12.1 Å². The van der Waals surface area contributed by atoms with Crippen LogP contribution in [0.25, 0.3) is 0 Å². The summed E-state index contributed by atoms with van der Waals surface area (Å²) in [6.45, 7) is 0. The number of hydrogen-bond donors (Lipinski definition) is 1. The molecule has 0 spiro atoms. The summed E-state index contributed by atoms with van der Waals surface area (Å²) in [5.41, 5.74) is 0.638. The van der Waals surface area contributed by atoms with E-state index in [1.165, 1.54) is 12.1 Å². The van der Waals surface area contributed by atoms with Gasteiger partial charge in [-0.1, -0.05) is 12.1 Å². The molecule has 1 atom stereocenters. The first-order valence-electron chi connectivity index (χ1n) is 4.42. The van der Waals surface area contributed by atoms with Gasteiger partial charge in [0.25, 0.3) is 0 Å². The molecule has 78 valence electrons. The zero-order valence-corrected chi connectivity index (χ0v) is 7.70. The van der Waals surface area contributed by atoms with Gasteiger partial charge in [-0.25, -0.2) is 14.0 Å². The fourth-order valence-electron chi connectivity index (χ4n) is 1.43. The average Bonchev–Trinajstić information content (AvgIpc) is 2.45. The number of amides is 1. The largest absolute Gasteiger partial charge is 0.415 e. The first-order valence-corrected chi connectivity index (χ1v) is 4.42. The molecule has 0 saturated carbocycles. The van der Waals surface area contributed by atoms with Crippen molar-refractivity contribution in [3.8, 4) is 0 Å². The number of benzene rings is 1. The number of carbonyl (C=O) groups excluding carboxylic acids is 2. The summed E-state index contributed by atoms with van der Waals surface area (Å²) < 4.78 is 17.1. The highest BCUT2D eigenvalue weighted by atomic mass is 19.1. The average molecular weight is 209 g/mol. The van der Waals surface area contributed by atoms with Crippen LogP contribution in [0.4, 0.5) is 9.18 Å². The highest BCUT2D eigenvalue weighted by Gasteiger charge is 2.32. The molecule has 0 aromatic heterocycles. The Kier molecular flexibility index (Phi) is 2.37. The molecule has 0 aliphatic carbocycles. The highest BCUT2D eigenvalue weighted by molar-refractivity contribution is 5.95. The number of ether oxygens (including phenoxy) is 1. The predicted octanol–water partition coefficient (Wildman–Crippen LogP) is 1.00. The monoisotopic (exact) mass is 209 g/mol. The second kappa shape index (κ2) is 3.68. The molecular weight excluding hydrogens is 201 g/mol. The van der Waals surface area contributed by atoms with E-state index in [2.05, 4.69) is 10.1 Å². The number of hydrogen-bond acceptors (Lipinski definition) is 3. The van der Waals surface area contributed by atoms with Crippen LogP contribution in [0.15, 0.2) is 24.3 Å². The molecule has 1 aliphatic heterocycles. The van der Waals surface area contributed by atoms with Gasteiger partial charge in [-0.05, 0) is 17.7 Å². The molecule has 0 unspecified atom stereocenters. The Labute approximate surface area is 85.0 Å². The van der Waals surface area contributed by atoms with E-state index in [9.17, 15) is 14.0 Å². The number of halogens is 1. The van der Waals surface area contributed by atoms with Crippen LogP contribution < -0.4 is 5.32 Å². The van der Waals surface area contributed by atoms with Crippen molar-refractivity contribution in [3.63, 3.8) is 0 Å². The van der Waals surface area contributed by atoms with Gasteiger partial charge in [0.05, 0.1) is 0 Å². The van der Waals surface area contributed by atoms with Gasteiger partial charge < -0.3 is 10.1 Å². The van der Waals surface area contributed by atoms with Crippen LogP contribution >= 0.6 is 0 Å². The van der Waals surface area contributed by atoms with Crippen molar-refractivity contribution in [2.24, 2.45) is 0 Å². The summed E-state index contributed by atoms with van der Waals surface area (Å²) >= 11 is 0. The number of esters is 1. The molecule has 1 heterocycles. The van der Waals surface area contributed by atoms with Crippen LogP contribution in [0, 0.1) is 5.82 Å². The number of nitrogens with one attached hydrogen (secondary N) is 1. The van der Waals surface area contributed by atoms with E-state index >= 15 is 0 Å². The molecule has 1 fully saturated rings. The molecule has 1 saturated heterocycles. The van der Waals surface area contributed by atoms with Gasteiger partial charge in [0, 0.05) is 6.42 Å². The third-order valence-corrected chi connectivity index (χ3v) is 2.10. The molecule has 0 bridgehead atoms. The Hall–Kier alpha value is -1.91. The molecule has 5 heteroatoms. The Bertz CT molecular complexity index is 419. The quantitative estimate of drug-likeness (QED) is 0.584. The lowest BCUT2D eigenvalue weighted by atomic mass is 10.1. The van der Waals surface area contributed by atoms with Gasteiger partial charge in [0.1, 0.15) is 11.9 Å². The molecule has 2 rings (SSSR count). The molecule has 15 heavy (non-hydrogen) atoms. The first kappa shape index (κ1) is 9.64. The lowest BCUT2D eigenvalue weighted by Crippen LogP contribution is -2.30. The number of carbonyl (C=O) groups is 2. The predicted molar refractivity (Wildman–Crippen MR) is 48.5 cm³/mol. The third-order valence-electron chi connectivity index (χ3n) is 2.10. The van der Waals surface area contributed by atoms with Gasteiger partial charge in [0.2, 0.25) is 0 Å². The number of cyclic esters (lactones) is 2. The van der Waals surface area contributed by atoms with Crippen molar-refractivity contribution in [2.75, 3.05) is 0 Å². The maximum absolute atomic E-state index is 12.8. The van der Waals surface area contributed by atoms with E-state index in [0.29, 0.717) is 5.56 Å². The maximum Gasteiger partial charge on any atom is 0.415 e. The minimum atomic E-state index is -0.749. The van der Waals surface area contributed by atoms with Gasteiger partial charge in [-0.3, -0.25) is 0 Å². The zero-order valence-electron chi connectivity index (χ0n) is 7.70. The number of alkyl carbamates (subject to hydrolysis) is 1. The minimum absolute atomic E-state index is 0.238. The molecule has 0 radical (unpaired) electrons. The van der Waals surface area contributed by atoms with E-state index in [0.717, 1.165) is 0 Å². The fourth-order valence-corrected chi connectivity index (χ4v) is 1.43. The van der Waals surface area contributed by atoms with Crippen LogP contribution in [0.5, 0.6) is 0 Å². The summed E-state index contributed by atoms with van der Waals surface area (Å²) in [6.07, 6.45) is -0.510. The van der Waals surface area contributed by atoms with E-state index in [1.54, 1.807) is 12.1 Å². The Morgan fingerprint density at radius 3 is 2.80 bits per heavy atom. The van der Waals surface area contributed by atoms with Crippen LogP contribution in [0.3, 0.4) is 0 Å². The molecular formula is C10H8FNO3. The van der Waals surface area contributed by atoms with Crippen LogP contribution in [0.1, 0.15) is 5.56 Å². The van der Waals surface area contributed by atoms with Crippen LogP contribution in [-0.2, 0) is 16.0 Å². The van der Waals surface area contributed by atoms with E-state index in [-0.39, 0.29) is 12.2 Å². The summed E-state index contributed by atoms with van der Waals surface area (Å²) in [5.74, 6) is -0.991. The molecule has 1 aromatic carbocycles. The van der Waals surface area contributed by atoms with Crippen LogP contribution in [0.2, 0.25) is 0 Å². The molecule has 1 aromatic rings. The smallest absolute Gasteiger partial charge is 0.375 e. The SMILES string of the molecule is O=C1N[C@H](Cc2cccc(F)c2)C(=O)O1. The third kappa shape index (κ3) is 2.12. The van der Waals surface area contributed by atoms with E-state index in [1.807, 2.05) is 0 Å². The van der Waals surface area contributed by atoms with Gasteiger partial charge in [-0.15, -0.1) is 0 Å². The lowest BCUT2D eigenvalue weighted by molar-refractivity contribution is -0.135. The van der Waals surface area contributed by atoms with Crippen molar-refractivity contribution >= 4 is 12.1 Å². The van der Waals surface area contributed by atoms with Crippen LogP contribution in [-0.4, -0.2) is 18.1 Å². The highest BCUT2D eigenvalue weighted by Crippen LogP contribution is 2.10. The molecule has 1 aliphatic rings. The van der Waals surface area contributed by atoms with Crippen molar-refractivity contribution < 1.29 is 18.7 Å². The van der Waals surface area contributed by atoms with Crippen molar-refractivity contribution in [2.45, 2.75) is 12.5 Å². The van der Waals surface area contributed by atoms with Crippen molar-refractivity contribution in [1.29, 1.82) is 0 Å². The summed E-state index contributed by atoms with van der Waals surface area (Å²) in [6, 6.07) is 5.15. The molecule has 1 N–H and O–H groups in total. The molecule has 1 amide bonds. The summed E-state index contributed by atoms with van der Waals surface area (Å²) in [4.78, 5) is 21.8. The first-order chi connectivity index (χ1) is 7.15. The van der Waals surface area contributed by atoms with E-state index < -0.39 is 18.1 Å². The summed E-state index contributed by atoms with van der Waals surface area (Å²) in [5, 5.41) is 2.34. The second-order valence-electron chi connectivity index (χ2n) is 3.24. The second-order valence-corrected chi connectivity index (χ2v) is 3.24. The topological polar surface area (TPSA) is 55.4 Å². The normalized spacial score (nSPS) is 19.9. The standard InChI is InChI=1S/C10H8FNO3/c11-7-3-1-2-6(4-7)5-8-9(13)15-10(14)12-8/h1-4,8H,5H2,(H,12,14)/t8-/m1/s1. The van der Waals surface area contributed by atoms with E-state index in [4.69, 9.17) is 0 Å². The zero-order chi connectivity index (χ0) is 10.8. The van der Waals surface area contributed by atoms with Crippen molar-refractivity contribution in [1.82, 2.24) is 5.32 Å². The maximum atomic E-state index is 12.8. The Morgan fingerprint density at radius 1 is 1.40 bits per heavy atom. The Morgan fingerprint density at radius 2 is 2.20 bits per heavy atom. The van der Waals surface area contributed by atoms with Gasteiger partial charge in [0.15, 0.2) is 0 Å². The minimum Gasteiger partial charge on any atom is -0.375 e. The number of rotatable bonds is 2. The fraction of sp³-hybridized carbons (Fsp3) is 0.200. The lowest BCUT2D eigenvalue weighted by Gasteiger charge is -2.05.